The van der Waals surface area contributed by atoms with Crippen LogP contribution >= 0.6 is 0 Å². The first kappa shape index (κ1) is 9.77. The molecule has 0 aliphatic carbocycles. The van der Waals surface area contributed by atoms with Gasteiger partial charge in [-0.2, -0.15) is 0 Å². The van der Waals surface area contributed by atoms with Gasteiger partial charge in [-0.05, 0) is 6.58 Å². The zero-order chi connectivity index (χ0) is 8.85. The van der Waals surface area contributed by atoms with E-state index in [0.29, 0.717) is 0 Å². The fourth-order valence-electron chi connectivity index (χ4n) is 0.509. The number of hydrogen-bond acceptors (Lipinski definition) is 4. The van der Waals surface area contributed by atoms with E-state index in [1.54, 1.807) is 0 Å². The summed E-state index contributed by atoms with van der Waals surface area (Å²) in [5.74, 6) is -1.36. The molecule has 0 radical (unpaired) electrons. The van der Waals surface area contributed by atoms with Crippen molar-refractivity contribution in [3.05, 3.63) is 12.5 Å². The zero-order valence-corrected chi connectivity index (χ0v) is 5.95. The van der Waals surface area contributed by atoms with E-state index in [1.807, 2.05) is 0 Å². The van der Waals surface area contributed by atoms with Gasteiger partial charge in [0.2, 0.25) is 0 Å². The minimum atomic E-state index is -1.08. The van der Waals surface area contributed by atoms with Crippen LogP contribution in [0.1, 0.15) is 6.42 Å². The van der Waals surface area contributed by atoms with Crippen molar-refractivity contribution in [2.45, 2.75) is 12.5 Å². The van der Waals surface area contributed by atoms with Crippen molar-refractivity contribution in [2.75, 3.05) is 6.54 Å². The summed E-state index contributed by atoms with van der Waals surface area (Å²) < 4.78 is 0. The van der Waals surface area contributed by atoms with Gasteiger partial charge in [0.1, 0.15) is 0 Å². The third-order valence-electron chi connectivity index (χ3n) is 0.952. The summed E-state index contributed by atoms with van der Waals surface area (Å²) >= 11 is 0. The van der Waals surface area contributed by atoms with E-state index in [0.717, 1.165) is 0 Å². The lowest BCUT2D eigenvalue weighted by molar-refractivity contribution is -0.139. The van der Waals surface area contributed by atoms with Crippen molar-refractivity contribution < 1.29 is 20.1 Å². The molecular formula is C6H11NO4. The molecule has 0 heterocycles. The van der Waals surface area contributed by atoms with Crippen LogP contribution in [0.5, 0.6) is 0 Å². The Labute approximate surface area is 64.0 Å². The highest BCUT2D eigenvalue weighted by Crippen LogP contribution is 1.89. The van der Waals surface area contributed by atoms with Gasteiger partial charge in [0.05, 0.1) is 12.5 Å². The van der Waals surface area contributed by atoms with E-state index in [4.69, 9.17) is 15.3 Å². The molecule has 0 aromatic heterocycles. The number of nitrogens with one attached hydrogen (secondary N) is 1. The van der Waals surface area contributed by atoms with Gasteiger partial charge in [0, 0.05) is 6.54 Å². The minimum absolute atomic E-state index is 0.0123. The predicted octanol–water partition coefficient (Wildman–Crippen LogP) is -0.559. The monoisotopic (exact) mass is 161 g/mol. The zero-order valence-electron chi connectivity index (χ0n) is 5.95. The molecule has 11 heavy (non-hydrogen) atoms. The van der Waals surface area contributed by atoms with Crippen LogP contribution in [-0.2, 0) is 4.79 Å². The molecule has 0 bridgehead atoms. The van der Waals surface area contributed by atoms with Crippen LogP contribution in [0.2, 0.25) is 0 Å². The van der Waals surface area contributed by atoms with Gasteiger partial charge in [-0.1, -0.05) is 0 Å². The van der Waals surface area contributed by atoms with Gasteiger partial charge in [-0.3, -0.25) is 4.79 Å². The molecule has 0 aliphatic rings. The van der Waals surface area contributed by atoms with E-state index in [2.05, 4.69) is 11.9 Å². The lowest BCUT2D eigenvalue weighted by Gasteiger charge is -2.08. The van der Waals surface area contributed by atoms with Crippen molar-refractivity contribution in [1.82, 2.24) is 5.32 Å². The van der Waals surface area contributed by atoms with Gasteiger partial charge in [-0.15, -0.1) is 0 Å². The molecular weight excluding hydrogens is 150 g/mol. The summed E-state index contributed by atoms with van der Waals surface area (Å²) in [5, 5.41) is 27.8. The molecule has 0 amide bonds. The number of carbonyl (C=O) groups is 1. The largest absolute Gasteiger partial charge is 0.495 e. The second kappa shape index (κ2) is 4.56. The molecule has 0 spiro atoms. The number of hydrogen-bond donors (Lipinski definition) is 4. The SMILES string of the molecule is C=C(O)NCC(O)CC(=O)O. The van der Waals surface area contributed by atoms with Crippen LogP contribution in [0.4, 0.5) is 0 Å². The van der Waals surface area contributed by atoms with Crippen molar-refractivity contribution in [3.8, 4) is 0 Å². The quantitative estimate of drug-likeness (QED) is 0.406. The highest BCUT2D eigenvalue weighted by atomic mass is 16.4. The van der Waals surface area contributed by atoms with Crippen molar-refractivity contribution in [1.29, 1.82) is 0 Å². The Kier molecular flexibility index (Phi) is 4.05. The summed E-state index contributed by atoms with van der Waals surface area (Å²) in [6, 6.07) is 0. The van der Waals surface area contributed by atoms with E-state index < -0.39 is 12.1 Å². The van der Waals surface area contributed by atoms with Gasteiger partial charge in [0.25, 0.3) is 0 Å². The molecule has 0 rings (SSSR count). The molecule has 0 aromatic carbocycles. The molecule has 0 aliphatic heterocycles. The maximum atomic E-state index is 9.98. The molecule has 0 saturated heterocycles. The van der Waals surface area contributed by atoms with Crippen LogP contribution in [0.25, 0.3) is 0 Å². The average molecular weight is 161 g/mol. The molecule has 1 atom stereocenters. The predicted molar refractivity (Wildman–Crippen MR) is 38.0 cm³/mol. The minimum Gasteiger partial charge on any atom is -0.495 e. The van der Waals surface area contributed by atoms with Gasteiger partial charge < -0.3 is 20.6 Å². The Morgan fingerprint density at radius 3 is 2.45 bits per heavy atom. The second-order valence-electron chi connectivity index (χ2n) is 2.08. The molecule has 5 heteroatoms. The fraction of sp³-hybridized carbons (Fsp3) is 0.500. The normalized spacial score (nSPS) is 12.1. The van der Waals surface area contributed by atoms with Crippen molar-refractivity contribution in [2.24, 2.45) is 0 Å². The molecule has 0 fully saturated rings. The number of carboxylic acid groups (broad SMARTS) is 1. The average Bonchev–Trinajstić information content (AvgIpc) is 1.82. The summed E-state index contributed by atoms with van der Waals surface area (Å²) in [6.45, 7) is 3.08. The third kappa shape index (κ3) is 6.66. The molecule has 0 aromatic rings. The van der Waals surface area contributed by atoms with Crippen molar-refractivity contribution >= 4 is 5.97 Å². The van der Waals surface area contributed by atoms with Gasteiger partial charge >= 0.3 is 5.97 Å². The summed E-state index contributed by atoms with van der Waals surface area (Å²) in [7, 11) is 0. The topological polar surface area (TPSA) is 89.8 Å². The molecule has 5 nitrogen and oxygen atoms in total. The molecule has 0 saturated carbocycles. The van der Waals surface area contributed by atoms with E-state index in [-0.39, 0.29) is 18.8 Å². The summed E-state index contributed by atoms with van der Waals surface area (Å²) in [6.07, 6.45) is -1.35. The highest BCUT2D eigenvalue weighted by Gasteiger charge is 2.08. The fourth-order valence-corrected chi connectivity index (χ4v) is 0.509. The van der Waals surface area contributed by atoms with Crippen molar-refractivity contribution in [3.63, 3.8) is 0 Å². The van der Waals surface area contributed by atoms with Gasteiger partial charge in [-0.25, -0.2) is 0 Å². The number of aliphatic hydroxyl groups is 2. The summed E-state index contributed by atoms with van der Waals surface area (Å²) in [4.78, 5) is 9.98. The molecule has 64 valence electrons. The van der Waals surface area contributed by atoms with E-state index in [1.165, 1.54) is 0 Å². The number of aliphatic hydroxyl groups excluding tert-OH is 2. The Morgan fingerprint density at radius 2 is 2.09 bits per heavy atom. The highest BCUT2D eigenvalue weighted by molar-refractivity contribution is 5.67. The summed E-state index contributed by atoms with van der Waals surface area (Å²) in [5.41, 5.74) is 0. The van der Waals surface area contributed by atoms with Crippen LogP contribution in [0.15, 0.2) is 12.5 Å². The Bertz CT molecular complexity index is 157. The van der Waals surface area contributed by atoms with Gasteiger partial charge in [0.15, 0.2) is 5.88 Å². The molecule has 4 N–H and O–H groups in total. The first-order chi connectivity index (χ1) is 5.02. The maximum Gasteiger partial charge on any atom is 0.306 e. The second-order valence-corrected chi connectivity index (χ2v) is 2.08. The van der Waals surface area contributed by atoms with E-state index in [9.17, 15) is 4.79 Å². The van der Waals surface area contributed by atoms with Crippen LogP contribution < -0.4 is 5.32 Å². The Balaban J connectivity index is 3.44. The first-order valence-electron chi connectivity index (χ1n) is 3.04. The van der Waals surface area contributed by atoms with E-state index >= 15 is 0 Å². The standard InChI is InChI=1S/C6H11NO4/c1-4(8)7-3-5(9)2-6(10)11/h5,7-9H,1-3H2,(H,10,11). The van der Waals surface area contributed by atoms with Crippen LogP contribution in [0, 0.1) is 0 Å². The van der Waals surface area contributed by atoms with Crippen LogP contribution in [-0.4, -0.2) is 33.9 Å². The maximum absolute atomic E-state index is 9.98. The third-order valence-corrected chi connectivity index (χ3v) is 0.952. The lowest BCUT2D eigenvalue weighted by atomic mass is 10.2. The number of carboxylic acids is 1. The number of rotatable bonds is 5. The first-order valence-corrected chi connectivity index (χ1v) is 3.04. The smallest absolute Gasteiger partial charge is 0.306 e. The number of aliphatic carboxylic acids is 1. The Hall–Kier alpha value is -1.23. The lowest BCUT2D eigenvalue weighted by Crippen LogP contribution is -2.27. The Morgan fingerprint density at radius 1 is 1.55 bits per heavy atom. The molecule has 1 unspecified atom stereocenters. The van der Waals surface area contributed by atoms with Crippen LogP contribution in [0.3, 0.4) is 0 Å².